The molecule has 1 N–H and O–H groups in total. The van der Waals surface area contributed by atoms with E-state index in [1.807, 2.05) is 13.0 Å². The number of methoxy groups -OCH3 is 1. The van der Waals surface area contributed by atoms with Crippen molar-refractivity contribution in [1.82, 2.24) is 0 Å². The molecule has 0 saturated heterocycles. The molecule has 1 fully saturated rings. The summed E-state index contributed by atoms with van der Waals surface area (Å²) in [6.45, 7) is 2.27. The van der Waals surface area contributed by atoms with Crippen LogP contribution in [-0.4, -0.2) is 25.4 Å². The predicted octanol–water partition coefficient (Wildman–Crippen LogP) is 2.17. The predicted molar refractivity (Wildman–Crippen MR) is 68.7 cm³/mol. The maximum Gasteiger partial charge on any atom is 0.337 e. The van der Waals surface area contributed by atoms with Gasteiger partial charge in [-0.2, -0.15) is 0 Å². The Morgan fingerprint density at radius 3 is 2.72 bits per heavy atom. The summed E-state index contributed by atoms with van der Waals surface area (Å²) in [6.07, 6.45) is 2.03. The minimum Gasteiger partial charge on any atom is -0.465 e. The van der Waals surface area contributed by atoms with E-state index < -0.39 is 0 Å². The van der Waals surface area contributed by atoms with Gasteiger partial charge in [-0.3, -0.25) is 4.79 Å². The fourth-order valence-electron chi connectivity index (χ4n) is 1.79. The zero-order valence-electron chi connectivity index (χ0n) is 10.7. The van der Waals surface area contributed by atoms with Crippen LogP contribution in [0.4, 0.5) is 5.69 Å². The lowest BCUT2D eigenvalue weighted by atomic mass is 10.1. The van der Waals surface area contributed by atoms with E-state index in [0.717, 1.165) is 24.1 Å². The highest BCUT2D eigenvalue weighted by molar-refractivity contribution is 5.91. The normalized spacial score (nSPS) is 14.1. The smallest absolute Gasteiger partial charge is 0.337 e. The number of carbonyl (C=O) groups is 2. The van der Waals surface area contributed by atoms with Crippen LogP contribution < -0.4 is 5.32 Å². The zero-order valence-corrected chi connectivity index (χ0v) is 10.7. The van der Waals surface area contributed by atoms with Gasteiger partial charge in [0.2, 0.25) is 0 Å². The second kappa shape index (κ2) is 5.21. The summed E-state index contributed by atoms with van der Waals surface area (Å²) < 4.78 is 4.67. The number of esters is 1. The molecule has 2 rings (SSSR count). The number of ether oxygens (including phenoxy) is 1. The lowest BCUT2D eigenvalue weighted by molar-refractivity contribution is -0.118. The Balaban J connectivity index is 2.05. The van der Waals surface area contributed by atoms with Crippen LogP contribution in [-0.2, 0) is 9.53 Å². The molecule has 0 radical (unpaired) electrons. The molecular weight excluding hydrogens is 230 g/mol. The molecule has 0 atom stereocenters. The van der Waals surface area contributed by atoms with Crippen LogP contribution in [0.15, 0.2) is 18.2 Å². The molecule has 0 amide bonds. The molecule has 0 aliphatic heterocycles. The summed E-state index contributed by atoms with van der Waals surface area (Å²) in [5.41, 5.74) is 2.31. The lowest BCUT2D eigenvalue weighted by Gasteiger charge is -2.10. The van der Waals surface area contributed by atoms with Gasteiger partial charge in [-0.25, -0.2) is 4.79 Å². The van der Waals surface area contributed by atoms with Gasteiger partial charge in [-0.1, -0.05) is 6.07 Å². The second-order valence-electron chi connectivity index (χ2n) is 4.62. The molecule has 96 valence electrons. The Bertz CT molecular complexity index is 478. The monoisotopic (exact) mass is 247 g/mol. The Hall–Kier alpha value is -1.84. The van der Waals surface area contributed by atoms with Crippen molar-refractivity contribution in [2.24, 2.45) is 5.92 Å². The zero-order chi connectivity index (χ0) is 13.1. The van der Waals surface area contributed by atoms with Gasteiger partial charge in [-0.15, -0.1) is 0 Å². The number of hydrogen-bond donors (Lipinski definition) is 1. The van der Waals surface area contributed by atoms with Gasteiger partial charge in [0, 0.05) is 11.6 Å². The Morgan fingerprint density at radius 1 is 1.39 bits per heavy atom. The molecule has 0 bridgehead atoms. The van der Waals surface area contributed by atoms with Crippen molar-refractivity contribution in [3.8, 4) is 0 Å². The average Bonchev–Trinajstić information content (AvgIpc) is 3.20. The fraction of sp³-hybridized carbons (Fsp3) is 0.429. The number of anilines is 1. The Morgan fingerprint density at radius 2 is 2.11 bits per heavy atom. The highest BCUT2D eigenvalue weighted by Gasteiger charge is 2.28. The summed E-state index contributed by atoms with van der Waals surface area (Å²) in [6, 6.07) is 5.28. The molecule has 1 aromatic rings. The molecule has 0 heterocycles. The van der Waals surface area contributed by atoms with Crippen molar-refractivity contribution < 1.29 is 14.3 Å². The van der Waals surface area contributed by atoms with Gasteiger partial charge in [0.05, 0.1) is 19.2 Å². The van der Waals surface area contributed by atoms with Gasteiger partial charge in [0.15, 0.2) is 5.78 Å². The molecule has 4 heteroatoms. The quantitative estimate of drug-likeness (QED) is 0.810. The summed E-state index contributed by atoms with van der Waals surface area (Å²) >= 11 is 0. The maximum absolute atomic E-state index is 11.6. The largest absolute Gasteiger partial charge is 0.465 e. The molecule has 0 unspecified atom stereocenters. The summed E-state index contributed by atoms with van der Waals surface area (Å²) in [7, 11) is 1.35. The van der Waals surface area contributed by atoms with Gasteiger partial charge >= 0.3 is 5.97 Å². The van der Waals surface area contributed by atoms with Crippen LogP contribution >= 0.6 is 0 Å². The van der Waals surface area contributed by atoms with E-state index in [-0.39, 0.29) is 17.7 Å². The standard InChI is InChI=1S/C14H17NO3/c1-9-3-4-11(14(17)18-2)7-12(9)15-8-13(16)10-5-6-10/h3-4,7,10,15H,5-6,8H2,1-2H3. The SMILES string of the molecule is COC(=O)c1ccc(C)c(NCC(=O)C2CC2)c1. The first kappa shape index (κ1) is 12.6. The number of hydrogen-bond acceptors (Lipinski definition) is 4. The third-order valence-electron chi connectivity index (χ3n) is 3.14. The van der Waals surface area contributed by atoms with E-state index in [1.165, 1.54) is 7.11 Å². The number of rotatable bonds is 5. The topological polar surface area (TPSA) is 55.4 Å². The molecule has 1 aliphatic rings. The number of carbonyl (C=O) groups excluding carboxylic acids is 2. The number of Topliss-reactive ketones (excluding diaryl/α,β-unsaturated/α-hetero) is 1. The number of nitrogens with one attached hydrogen (secondary N) is 1. The summed E-state index contributed by atoms with van der Waals surface area (Å²) in [5, 5.41) is 3.10. The molecule has 1 aromatic carbocycles. The van der Waals surface area contributed by atoms with Gasteiger partial charge in [-0.05, 0) is 37.5 Å². The van der Waals surface area contributed by atoms with E-state index in [2.05, 4.69) is 10.1 Å². The van der Waals surface area contributed by atoms with Crippen LogP contribution in [0.3, 0.4) is 0 Å². The highest BCUT2D eigenvalue weighted by Crippen LogP contribution is 2.30. The van der Waals surface area contributed by atoms with Crippen LogP contribution in [0.2, 0.25) is 0 Å². The number of ketones is 1. The molecular formula is C14H17NO3. The third-order valence-corrected chi connectivity index (χ3v) is 3.14. The fourth-order valence-corrected chi connectivity index (χ4v) is 1.79. The second-order valence-corrected chi connectivity index (χ2v) is 4.62. The third kappa shape index (κ3) is 2.88. The first-order chi connectivity index (χ1) is 8.61. The molecule has 1 aliphatic carbocycles. The van der Waals surface area contributed by atoms with Crippen LogP contribution in [0, 0.1) is 12.8 Å². The molecule has 18 heavy (non-hydrogen) atoms. The molecule has 0 spiro atoms. The van der Waals surface area contributed by atoms with Crippen molar-refractivity contribution in [3.05, 3.63) is 29.3 Å². The first-order valence-electron chi connectivity index (χ1n) is 6.07. The summed E-state index contributed by atoms with van der Waals surface area (Å²) in [4.78, 5) is 23.0. The van der Waals surface area contributed by atoms with E-state index in [0.29, 0.717) is 12.1 Å². The van der Waals surface area contributed by atoms with E-state index in [1.54, 1.807) is 12.1 Å². The molecule has 4 nitrogen and oxygen atoms in total. The maximum atomic E-state index is 11.6. The van der Waals surface area contributed by atoms with Crippen LogP contribution in [0.25, 0.3) is 0 Å². The number of aryl methyl sites for hydroxylation is 1. The molecule has 1 saturated carbocycles. The van der Waals surface area contributed by atoms with Crippen molar-refractivity contribution >= 4 is 17.4 Å². The van der Waals surface area contributed by atoms with E-state index in [9.17, 15) is 9.59 Å². The lowest BCUT2D eigenvalue weighted by Crippen LogP contribution is -2.16. The van der Waals surface area contributed by atoms with Crippen LogP contribution in [0.5, 0.6) is 0 Å². The Labute approximate surface area is 106 Å². The first-order valence-corrected chi connectivity index (χ1v) is 6.07. The van der Waals surface area contributed by atoms with Crippen molar-refractivity contribution in [1.29, 1.82) is 0 Å². The minimum atomic E-state index is -0.369. The average molecular weight is 247 g/mol. The summed E-state index contributed by atoms with van der Waals surface area (Å²) in [5.74, 6) is 0.131. The van der Waals surface area contributed by atoms with Crippen molar-refractivity contribution in [2.75, 3.05) is 19.0 Å². The van der Waals surface area contributed by atoms with E-state index >= 15 is 0 Å². The van der Waals surface area contributed by atoms with Crippen LogP contribution in [0.1, 0.15) is 28.8 Å². The van der Waals surface area contributed by atoms with E-state index in [4.69, 9.17) is 0 Å². The van der Waals surface area contributed by atoms with Gasteiger partial charge < -0.3 is 10.1 Å². The van der Waals surface area contributed by atoms with Gasteiger partial charge in [0.25, 0.3) is 0 Å². The Kier molecular flexibility index (Phi) is 3.65. The van der Waals surface area contributed by atoms with Gasteiger partial charge in [0.1, 0.15) is 0 Å². The minimum absolute atomic E-state index is 0.248. The highest BCUT2D eigenvalue weighted by atomic mass is 16.5. The van der Waals surface area contributed by atoms with Crippen molar-refractivity contribution in [2.45, 2.75) is 19.8 Å². The number of benzene rings is 1. The molecule has 0 aromatic heterocycles. The van der Waals surface area contributed by atoms with Crippen molar-refractivity contribution in [3.63, 3.8) is 0 Å².